The van der Waals surface area contributed by atoms with Crippen molar-refractivity contribution in [1.82, 2.24) is 14.5 Å². The molecule has 0 radical (unpaired) electrons. The van der Waals surface area contributed by atoms with E-state index in [0.29, 0.717) is 32.0 Å². The Morgan fingerprint density at radius 3 is 2.57 bits per heavy atom. The molecule has 1 saturated heterocycles. The highest BCUT2D eigenvalue weighted by Crippen LogP contribution is 2.07. The molecule has 6 nitrogen and oxygen atoms in total. The van der Waals surface area contributed by atoms with Gasteiger partial charge in [-0.25, -0.2) is 0 Å². The second-order valence-electron chi connectivity index (χ2n) is 4.71. The van der Waals surface area contributed by atoms with Crippen molar-refractivity contribution in [1.29, 1.82) is 0 Å². The predicted molar refractivity (Wildman–Crippen MR) is 76.6 cm³/mol. The number of rotatable bonds is 2. The molecular weight excluding hydrogens is 270 g/mol. The molecule has 0 atom stereocenters. The van der Waals surface area contributed by atoms with Gasteiger partial charge in [0.25, 0.3) is 11.5 Å². The molecule has 2 aromatic rings. The molecule has 0 spiro atoms. The highest BCUT2D eigenvalue weighted by molar-refractivity contribution is 5.94. The Morgan fingerprint density at radius 2 is 1.86 bits per heavy atom. The van der Waals surface area contributed by atoms with E-state index in [1.807, 2.05) is 0 Å². The first kappa shape index (κ1) is 13.5. The van der Waals surface area contributed by atoms with Crippen LogP contribution >= 0.6 is 0 Å². The number of hydrogen-bond donors (Lipinski definition) is 0. The van der Waals surface area contributed by atoms with Crippen molar-refractivity contribution in [2.24, 2.45) is 0 Å². The molecule has 0 aromatic carbocycles. The molecule has 108 valence electrons. The summed E-state index contributed by atoms with van der Waals surface area (Å²) >= 11 is 0. The Hall–Kier alpha value is -2.47. The lowest BCUT2D eigenvalue weighted by atomic mass is 10.2. The number of carbonyl (C=O) groups excluding carboxylic acids is 1. The zero-order valence-electron chi connectivity index (χ0n) is 11.4. The summed E-state index contributed by atoms with van der Waals surface area (Å²) in [5.41, 5.74) is 0.544. The molecule has 0 N–H and O–H groups in total. The maximum Gasteiger partial charge on any atom is 0.267 e. The molecule has 3 heterocycles. The first-order valence-corrected chi connectivity index (χ1v) is 6.76. The van der Waals surface area contributed by atoms with Crippen LogP contribution in [0.15, 0.2) is 47.7 Å². The van der Waals surface area contributed by atoms with Crippen LogP contribution in [-0.2, 0) is 4.74 Å². The van der Waals surface area contributed by atoms with Crippen LogP contribution in [0.5, 0.6) is 0 Å². The molecule has 2 aromatic heterocycles. The van der Waals surface area contributed by atoms with Crippen LogP contribution in [0.3, 0.4) is 0 Å². The van der Waals surface area contributed by atoms with E-state index in [-0.39, 0.29) is 17.0 Å². The third-order valence-corrected chi connectivity index (χ3v) is 3.42. The minimum absolute atomic E-state index is 0.177. The van der Waals surface area contributed by atoms with Crippen molar-refractivity contribution >= 4 is 5.91 Å². The Labute approximate surface area is 121 Å². The predicted octanol–water partition coefficient (Wildman–Crippen LogP) is 0.705. The van der Waals surface area contributed by atoms with E-state index < -0.39 is 0 Å². The molecule has 1 amide bonds. The van der Waals surface area contributed by atoms with E-state index in [1.54, 1.807) is 47.8 Å². The van der Waals surface area contributed by atoms with Crippen LogP contribution in [0, 0.1) is 0 Å². The van der Waals surface area contributed by atoms with Crippen molar-refractivity contribution in [2.45, 2.75) is 0 Å². The number of carbonyl (C=O) groups is 1. The molecule has 1 fully saturated rings. The van der Waals surface area contributed by atoms with E-state index in [4.69, 9.17) is 4.74 Å². The molecule has 21 heavy (non-hydrogen) atoms. The highest BCUT2D eigenvalue weighted by atomic mass is 16.5. The summed E-state index contributed by atoms with van der Waals surface area (Å²) in [6.07, 6.45) is 4.87. The molecular formula is C15H15N3O3. The summed E-state index contributed by atoms with van der Waals surface area (Å²) in [4.78, 5) is 30.5. The largest absolute Gasteiger partial charge is 0.378 e. The van der Waals surface area contributed by atoms with E-state index in [0.717, 1.165) is 0 Å². The molecule has 1 aliphatic heterocycles. The van der Waals surface area contributed by atoms with Gasteiger partial charge in [-0.05, 0) is 24.3 Å². The van der Waals surface area contributed by atoms with Crippen molar-refractivity contribution in [3.05, 3.63) is 58.8 Å². The number of pyridine rings is 2. The molecule has 0 aliphatic carbocycles. The van der Waals surface area contributed by atoms with Gasteiger partial charge in [0.05, 0.1) is 18.9 Å². The standard InChI is InChI=1S/C15H15N3O3/c19-14(17-8-10-21-11-9-17)13-2-1-7-18(15(13)20)12-3-5-16-6-4-12/h1-7H,8-11H2. The lowest BCUT2D eigenvalue weighted by Gasteiger charge is -2.26. The van der Waals surface area contributed by atoms with Crippen LogP contribution in [0.1, 0.15) is 10.4 Å². The van der Waals surface area contributed by atoms with Gasteiger partial charge in [0.1, 0.15) is 5.56 Å². The van der Waals surface area contributed by atoms with Crippen LogP contribution in [0.4, 0.5) is 0 Å². The SMILES string of the molecule is O=C(c1cccn(-c2ccncc2)c1=O)N1CCOCC1. The van der Waals surface area contributed by atoms with Gasteiger partial charge < -0.3 is 9.64 Å². The molecule has 0 bridgehead atoms. The van der Waals surface area contributed by atoms with E-state index >= 15 is 0 Å². The lowest BCUT2D eigenvalue weighted by molar-refractivity contribution is 0.0301. The monoisotopic (exact) mass is 285 g/mol. The van der Waals surface area contributed by atoms with Gasteiger partial charge >= 0.3 is 0 Å². The average Bonchev–Trinajstić information content (AvgIpc) is 2.56. The maximum absolute atomic E-state index is 12.5. The fraction of sp³-hybridized carbons (Fsp3) is 0.267. The number of aromatic nitrogens is 2. The van der Waals surface area contributed by atoms with Gasteiger partial charge in [0.15, 0.2) is 0 Å². The average molecular weight is 285 g/mol. The summed E-state index contributed by atoms with van der Waals surface area (Å²) in [6, 6.07) is 6.72. The summed E-state index contributed by atoms with van der Waals surface area (Å²) < 4.78 is 6.68. The topological polar surface area (TPSA) is 64.4 Å². The Morgan fingerprint density at radius 1 is 1.14 bits per heavy atom. The van der Waals surface area contributed by atoms with Crippen molar-refractivity contribution in [2.75, 3.05) is 26.3 Å². The van der Waals surface area contributed by atoms with Gasteiger partial charge in [-0.3, -0.25) is 19.1 Å². The van der Waals surface area contributed by atoms with Gasteiger partial charge in [-0.1, -0.05) is 0 Å². The molecule has 6 heteroatoms. The number of nitrogens with zero attached hydrogens (tertiary/aromatic N) is 3. The van der Waals surface area contributed by atoms with Crippen LogP contribution in [-0.4, -0.2) is 46.7 Å². The third-order valence-electron chi connectivity index (χ3n) is 3.42. The van der Waals surface area contributed by atoms with Gasteiger partial charge in [0.2, 0.25) is 0 Å². The van der Waals surface area contributed by atoms with Crippen LogP contribution in [0.25, 0.3) is 5.69 Å². The van der Waals surface area contributed by atoms with Crippen LogP contribution in [0.2, 0.25) is 0 Å². The minimum atomic E-state index is -0.319. The smallest absolute Gasteiger partial charge is 0.267 e. The summed E-state index contributed by atoms with van der Waals surface area (Å²) in [6.45, 7) is 2.05. The first-order chi connectivity index (χ1) is 10.3. The summed E-state index contributed by atoms with van der Waals surface area (Å²) in [5.74, 6) is -0.244. The number of morpholine rings is 1. The van der Waals surface area contributed by atoms with Crippen molar-refractivity contribution in [3.8, 4) is 5.69 Å². The van der Waals surface area contributed by atoms with Gasteiger partial charge in [-0.2, -0.15) is 0 Å². The number of ether oxygens (including phenoxy) is 1. The van der Waals surface area contributed by atoms with Crippen molar-refractivity contribution in [3.63, 3.8) is 0 Å². The number of amides is 1. The highest BCUT2D eigenvalue weighted by Gasteiger charge is 2.21. The third kappa shape index (κ3) is 2.71. The number of hydrogen-bond acceptors (Lipinski definition) is 4. The Kier molecular flexibility index (Phi) is 3.79. The van der Waals surface area contributed by atoms with E-state index in [2.05, 4.69) is 4.98 Å². The molecule has 0 saturated carbocycles. The lowest BCUT2D eigenvalue weighted by Crippen LogP contribution is -2.43. The van der Waals surface area contributed by atoms with Gasteiger partial charge in [-0.15, -0.1) is 0 Å². The van der Waals surface area contributed by atoms with E-state index in [9.17, 15) is 9.59 Å². The normalized spacial score (nSPS) is 15.0. The fourth-order valence-electron chi connectivity index (χ4n) is 2.30. The quantitative estimate of drug-likeness (QED) is 0.815. The maximum atomic E-state index is 12.5. The minimum Gasteiger partial charge on any atom is -0.378 e. The van der Waals surface area contributed by atoms with Crippen molar-refractivity contribution < 1.29 is 9.53 Å². The zero-order valence-corrected chi connectivity index (χ0v) is 11.4. The second kappa shape index (κ2) is 5.88. The fourth-order valence-corrected chi connectivity index (χ4v) is 2.30. The summed E-state index contributed by atoms with van der Waals surface area (Å²) in [5, 5.41) is 0. The Balaban J connectivity index is 1.97. The molecule has 1 aliphatic rings. The summed E-state index contributed by atoms with van der Waals surface area (Å²) in [7, 11) is 0. The second-order valence-corrected chi connectivity index (χ2v) is 4.71. The first-order valence-electron chi connectivity index (χ1n) is 6.76. The van der Waals surface area contributed by atoms with Crippen LogP contribution < -0.4 is 5.56 Å². The molecule has 3 rings (SSSR count). The molecule has 0 unspecified atom stereocenters. The zero-order chi connectivity index (χ0) is 14.7. The van der Waals surface area contributed by atoms with Gasteiger partial charge in [0, 0.05) is 31.7 Å². The van der Waals surface area contributed by atoms with E-state index in [1.165, 1.54) is 4.57 Å². The Bertz CT molecular complexity index is 691.